The fourth-order valence-electron chi connectivity index (χ4n) is 1.24. The molecule has 0 heterocycles. The van der Waals surface area contributed by atoms with Crippen LogP contribution in [0.5, 0.6) is 0 Å². The number of allylic oxidation sites excluding steroid dienone is 1. The van der Waals surface area contributed by atoms with Crippen molar-refractivity contribution >= 4 is 20.1 Å². The van der Waals surface area contributed by atoms with Crippen LogP contribution in [0.15, 0.2) is 24.5 Å². The van der Waals surface area contributed by atoms with E-state index < -0.39 is 20.4 Å². The molecular weight excluding hydrogens is 224 g/mol. The van der Waals surface area contributed by atoms with Gasteiger partial charge in [-0.25, -0.2) is 4.79 Å². The molecule has 1 rings (SSSR count). The summed E-state index contributed by atoms with van der Waals surface area (Å²) in [5.74, 6) is -0.604. The SMILES string of the molecule is C=C(O[Si](C)(C)C)C(=O)OC1C=CC(=O)C1. The molecule has 16 heavy (non-hydrogen) atoms. The summed E-state index contributed by atoms with van der Waals surface area (Å²) in [7, 11) is -1.84. The number of ether oxygens (including phenoxy) is 1. The number of esters is 1. The smallest absolute Gasteiger partial charge is 0.372 e. The molecule has 5 heteroatoms. The molecule has 0 aromatic carbocycles. The summed E-state index contributed by atoms with van der Waals surface area (Å²) in [5, 5.41) is 0. The minimum Gasteiger partial charge on any atom is -0.540 e. The molecule has 0 aromatic heterocycles. The van der Waals surface area contributed by atoms with E-state index in [-0.39, 0.29) is 18.0 Å². The Hall–Kier alpha value is -1.36. The van der Waals surface area contributed by atoms with E-state index in [0.717, 1.165) is 0 Å². The molecule has 1 unspecified atom stereocenters. The van der Waals surface area contributed by atoms with Crippen molar-refractivity contribution in [2.24, 2.45) is 0 Å². The minimum atomic E-state index is -1.84. The molecule has 0 N–H and O–H groups in total. The van der Waals surface area contributed by atoms with Crippen LogP contribution in [0.3, 0.4) is 0 Å². The van der Waals surface area contributed by atoms with Gasteiger partial charge >= 0.3 is 5.97 Å². The maximum absolute atomic E-state index is 11.5. The molecule has 1 aliphatic carbocycles. The zero-order chi connectivity index (χ0) is 12.3. The van der Waals surface area contributed by atoms with Crippen molar-refractivity contribution in [3.05, 3.63) is 24.5 Å². The fourth-order valence-corrected chi connectivity index (χ4v) is 2.07. The highest BCUT2D eigenvalue weighted by Crippen LogP contribution is 2.15. The highest BCUT2D eigenvalue weighted by molar-refractivity contribution is 6.70. The molecule has 0 spiro atoms. The summed E-state index contributed by atoms with van der Waals surface area (Å²) < 4.78 is 10.4. The van der Waals surface area contributed by atoms with E-state index in [1.807, 2.05) is 19.6 Å². The average molecular weight is 240 g/mol. The van der Waals surface area contributed by atoms with Crippen LogP contribution in [0.2, 0.25) is 19.6 Å². The highest BCUT2D eigenvalue weighted by atomic mass is 28.4. The number of carbonyl (C=O) groups excluding carboxylic acids is 2. The first kappa shape index (κ1) is 12.7. The van der Waals surface area contributed by atoms with E-state index in [1.54, 1.807) is 6.08 Å². The molecule has 4 nitrogen and oxygen atoms in total. The van der Waals surface area contributed by atoms with Crippen molar-refractivity contribution in [3.63, 3.8) is 0 Å². The maximum atomic E-state index is 11.5. The molecule has 0 saturated carbocycles. The molecule has 0 fully saturated rings. The zero-order valence-corrected chi connectivity index (χ0v) is 10.8. The Morgan fingerprint density at radius 2 is 2.12 bits per heavy atom. The van der Waals surface area contributed by atoms with Crippen molar-refractivity contribution in [3.8, 4) is 0 Å². The van der Waals surface area contributed by atoms with Crippen LogP contribution in [0.4, 0.5) is 0 Å². The summed E-state index contributed by atoms with van der Waals surface area (Å²) in [6.45, 7) is 9.38. The summed E-state index contributed by atoms with van der Waals surface area (Å²) >= 11 is 0. The Balaban J connectivity index is 2.44. The molecule has 0 amide bonds. The van der Waals surface area contributed by atoms with Gasteiger partial charge in [-0.2, -0.15) is 0 Å². The lowest BCUT2D eigenvalue weighted by Gasteiger charge is -2.20. The lowest BCUT2D eigenvalue weighted by molar-refractivity contribution is -0.145. The zero-order valence-electron chi connectivity index (χ0n) is 9.78. The molecule has 1 aliphatic rings. The summed E-state index contributed by atoms with van der Waals surface area (Å²) in [6, 6.07) is 0. The van der Waals surface area contributed by atoms with Gasteiger partial charge in [0.2, 0.25) is 8.32 Å². The predicted octanol–water partition coefficient (Wildman–Crippen LogP) is 1.79. The molecule has 0 radical (unpaired) electrons. The first-order valence-electron chi connectivity index (χ1n) is 5.08. The minimum absolute atomic E-state index is 0.0203. The van der Waals surface area contributed by atoms with Crippen molar-refractivity contribution < 1.29 is 18.8 Å². The largest absolute Gasteiger partial charge is 0.540 e. The van der Waals surface area contributed by atoms with Gasteiger partial charge in [-0.1, -0.05) is 6.58 Å². The van der Waals surface area contributed by atoms with Gasteiger partial charge in [0.05, 0.1) is 6.42 Å². The van der Waals surface area contributed by atoms with Gasteiger partial charge < -0.3 is 9.16 Å². The van der Waals surface area contributed by atoms with Crippen LogP contribution < -0.4 is 0 Å². The van der Waals surface area contributed by atoms with Gasteiger partial charge in [0.15, 0.2) is 11.5 Å². The first-order valence-corrected chi connectivity index (χ1v) is 8.49. The molecule has 0 saturated heterocycles. The lowest BCUT2D eigenvalue weighted by Crippen LogP contribution is -2.28. The normalized spacial score (nSPS) is 19.7. The summed E-state index contributed by atoms with van der Waals surface area (Å²) in [6.07, 6.45) is 2.73. The van der Waals surface area contributed by atoms with Gasteiger partial charge in [0, 0.05) is 0 Å². The van der Waals surface area contributed by atoms with Crippen molar-refractivity contribution in [1.82, 2.24) is 0 Å². The van der Waals surface area contributed by atoms with Gasteiger partial charge in [-0.3, -0.25) is 4.79 Å². The maximum Gasteiger partial charge on any atom is 0.372 e. The van der Waals surface area contributed by atoms with Crippen LogP contribution in [0, 0.1) is 0 Å². The van der Waals surface area contributed by atoms with Gasteiger partial charge in [-0.15, -0.1) is 0 Å². The molecule has 88 valence electrons. The van der Waals surface area contributed by atoms with Gasteiger partial charge in [0.1, 0.15) is 6.10 Å². The van der Waals surface area contributed by atoms with Gasteiger partial charge in [0.25, 0.3) is 0 Å². The molecule has 0 aromatic rings. The molecular formula is C11H16O4Si. The summed E-state index contributed by atoms with van der Waals surface area (Å²) in [5.41, 5.74) is 0. The Morgan fingerprint density at radius 3 is 2.56 bits per heavy atom. The molecule has 0 aliphatic heterocycles. The quantitative estimate of drug-likeness (QED) is 0.325. The second-order valence-electron chi connectivity index (χ2n) is 4.61. The van der Waals surface area contributed by atoms with E-state index in [0.29, 0.717) is 0 Å². The third-order valence-corrected chi connectivity index (χ3v) is 2.67. The van der Waals surface area contributed by atoms with Crippen LogP contribution in [0.1, 0.15) is 6.42 Å². The third-order valence-electron chi connectivity index (χ3n) is 1.81. The van der Waals surface area contributed by atoms with E-state index in [9.17, 15) is 9.59 Å². The van der Waals surface area contributed by atoms with Crippen LogP contribution in [0.25, 0.3) is 0 Å². The van der Waals surface area contributed by atoms with E-state index in [1.165, 1.54) is 6.08 Å². The highest BCUT2D eigenvalue weighted by Gasteiger charge is 2.25. The topological polar surface area (TPSA) is 52.6 Å². The number of carbonyl (C=O) groups is 2. The standard InChI is InChI=1S/C11H16O4Si/c1-8(15-16(2,3)4)11(13)14-10-6-5-9(12)7-10/h5-6,10H,1,7H2,2-4H3. The number of rotatable bonds is 4. The van der Waals surface area contributed by atoms with E-state index in [4.69, 9.17) is 9.16 Å². The molecule has 1 atom stereocenters. The lowest BCUT2D eigenvalue weighted by atomic mass is 10.3. The second-order valence-corrected chi connectivity index (χ2v) is 9.04. The van der Waals surface area contributed by atoms with Crippen LogP contribution in [-0.4, -0.2) is 26.2 Å². The van der Waals surface area contributed by atoms with Crippen LogP contribution in [-0.2, 0) is 18.8 Å². The number of ketones is 1. The van der Waals surface area contributed by atoms with Crippen molar-refractivity contribution in [2.45, 2.75) is 32.2 Å². The fraction of sp³-hybridized carbons (Fsp3) is 0.455. The van der Waals surface area contributed by atoms with Crippen molar-refractivity contribution in [2.75, 3.05) is 0 Å². The Labute approximate surface area is 96.1 Å². The average Bonchev–Trinajstić information content (AvgIpc) is 2.48. The summed E-state index contributed by atoms with van der Waals surface area (Å²) in [4.78, 5) is 22.4. The first-order chi connectivity index (χ1) is 7.28. The Bertz CT molecular complexity index is 351. The monoisotopic (exact) mass is 240 g/mol. The van der Waals surface area contributed by atoms with Crippen LogP contribution >= 0.6 is 0 Å². The van der Waals surface area contributed by atoms with E-state index in [2.05, 4.69) is 6.58 Å². The second kappa shape index (κ2) is 4.65. The predicted molar refractivity (Wildman–Crippen MR) is 62.2 cm³/mol. The Morgan fingerprint density at radius 1 is 1.50 bits per heavy atom. The third kappa shape index (κ3) is 4.02. The van der Waals surface area contributed by atoms with E-state index >= 15 is 0 Å². The number of hydrogen-bond acceptors (Lipinski definition) is 4. The number of hydrogen-bond donors (Lipinski definition) is 0. The van der Waals surface area contributed by atoms with Gasteiger partial charge in [-0.05, 0) is 31.8 Å². The Kier molecular flexibility index (Phi) is 3.69. The van der Waals surface area contributed by atoms with Crippen molar-refractivity contribution in [1.29, 1.82) is 0 Å². The molecule has 0 bridgehead atoms.